The van der Waals surface area contributed by atoms with Crippen LogP contribution in [0.4, 0.5) is 0 Å². The smallest absolute Gasteiger partial charge is 1.00 e. The van der Waals surface area contributed by atoms with Crippen molar-refractivity contribution >= 4 is 23.8 Å². The SMILES string of the molecule is [Au+3].[Cl-].c1ccc(P(c2ccccc2)c2ccccc2)cc1. The summed E-state index contributed by atoms with van der Waals surface area (Å²) in [6.45, 7) is 0. The van der Waals surface area contributed by atoms with Gasteiger partial charge >= 0.3 is 22.4 Å². The van der Waals surface area contributed by atoms with Crippen LogP contribution in [0.25, 0.3) is 0 Å². The molecule has 108 valence electrons. The fourth-order valence-corrected chi connectivity index (χ4v) is 4.48. The van der Waals surface area contributed by atoms with Crippen molar-refractivity contribution in [3.8, 4) is 0 Å². The summed E-state index contributed by atoms with van der Waals surface area (Å²) in [6, 6.07) is 32.3. The van der Waals surface area contributed by atoms with Crippen molar-refractivity contribution in [2.75, 3.05) is 0 Å². The van der Waals surface area contributed by atoms with Gasteiger partial charge in [-0.3, -0.25) is 0 Å². The normalized spacial score (nSPS) is 9.57. The minimum atomic E-state index is -0.446. The van der Waals surface area contributed by atoms with Crippen LogP contribution in [0.2, 0.25) is 0 Å². The molecule has 0 nitrogen and oxygen atoms in total. The Bertz CT molecular complexity index is 535. The van der Waals surface area contributed by atoms with E-state index in [1.54, 1.807) is 0 Å². The van der Waals surface area contributed by atoms with E-state index < -0.39 is 7.92 Å². The number of benzene rings is 3. The van der Waals surface area contributed by atoms with Crippen molar-refractivity contribution in [2.24, 2.45) is 0 Å². The van der Waals surface area contributed by atoms with Crippen LogP contribution in [-0.2, 0) is 22.4 Å². The minimum Gasteiger partial charge on any atom is -1.00 e. The van der Waals surface area contributed by atoms with Crippen molar-refractivity contribution < 1.29 is 34.8 Å². The van der Waals surface area contributed by atoms with Gasteiger partial charge in [-0.1, -0.05) is 91.0 Å². The third kappa shape index (κ3) is 4.54. The Labute approximate surface area is 149 Å². The van der Waals surface area contributed by atoms with Gasteiger partial charge in [0.15, 0.2) is 0 Å². The van der Waals surface area contributed by atoms with Crippen LogP contribution >= 0.6 is 7.92 Å². The molecule has 0 heterocycles. The molecule has 0 N–H and O–H groups in total. The molecule has 0 spiro atoms. The number of hydrogen-bond acceptors (Lipinski definition) is 0. The quantitative estimate of drug-likeness (QED) is 0.366. The van der Waals surface area contributed by atoms with Gasteiger partial charge in [0.05, 0.1) is 0 Å². The second-order valence-corrected chi connectivity index (χ2v) is 6.56. The van der Waals surface area contributed by atoms with E-state index in [0.29, 0.717) is 0 Å². The van der Waals surface area contributed by atoms with E-state index in [9.17, 15) is 0 Å². The first-order chi connectivity index (χ1) is 9.45. The van der Waals surface area contributed by atoms with Crippen LogP contribution in [0.5, 0.6) is 0 Å². The summed E-state index contributed by atoms with van der Waals surface area (Å²) in [5.41, 5.74) is 0. The standard InChI is InChI=1S/C18H15P.Au.ClH/c1-4-10-16(11-5-1)19(17-12-6-2-7-13-17)18-14-8-3-9-15-18;;/h1-15H;;1H/q;+3;/p-1. The maximum Gasteiger partial charge on any atom is 3.00 e. The van der Waals surface area contributed by atoms with Gasteiger partial charge in [-0.25, -0.2) is 0 Å². The Balaban J connectivity index is 0.00000110. The van der Waals surface area contributed by atoms with E-state index in [0.717, 1.165) is 0 Å². The molecule has 0 amide bonds. The molecule has 0 aliphatic rings. The zero-order chi connectivity index (χ0) is 12.9. The third-order valence-electron chi connectivity index (χ3n) is 3.04. The molecule has 0 aromatic heterocycles. The van der Waals surface area contributed by atoms with Crippen molar-refractivity contribution in [2.45, 2.75) is 0 Å². The molecule has 0 fully saturated rings. The van der Waals surface area contributed by atoms with Crippen LogP contribution in [0.1, 0.15) is 0 Å². The molecule has 0 radical (unpaired) electrons. The first-order valence-corrected chi connectivity index (χ1v) is 7.74. The van der Waals surface area contributed by atoms with Crippen molar-refractivity contribution in [1.29, 1.82) is 0 Å². The van der Waals surface area contributed by atoms with Gasteiger partial charge in [0.25, 0.3) is 0 Å². The molecule has 3 rings (SSSR count). The van der Waals surface area contributed by atoms with Gasteiger partial charge in [-0.15, -0.1) is 0 Å². The number of halogens is 1. The molecule has 3 aromatic carbocycles. The van der Waals surface area contributed by atoms with Gasteiger partial charge in [0.1, 0.15) is 0 Å². The topological polar surface area (TPSA) is 0 Å². The second-order valence-electron chi connectivity index (χ2n) is 4.34. The molecule has 0 aliphatic carbocycles. The van der Waals surface area contributed by atoms with Crippen molar-refractivity contribution in [1.82, 2.24) is 0 Å². The number of hydrogen-bond donors (Lipinski definition) is 0. The maximum absolute atomic E-state index is 2.23. The summed E-state index contributed by atoms with van der Waals surface area (Å²) in [7, 11) is -0.446. The summed E-state index contributed by atoms with van der Waals surface area (Å²) >= 11 is 0. The van der Waals surface area contributed by atoms with Crippen molar-refractivity contribution in [3.05, 3.63) is 91.0 Å². The first kappa shape index (κ1) is 18.2. The fourth-order valence-electron chi connectivity index (χ4n) is 2.18. The summed E-state index contributed by atoms with van der Waals surface area (Å²) in [5.74, 6) is 0. The molecule has 3 heteroatoms. The summed E-state index contributed by atoms with van der Waals surface area (Å²) in [5, 5.41) is 4.19. The van der Waals surface area contributed by atoms with Crippen LogP contribution in [-0.4, -0.2) is 0 Å². The summed E-state index contributed by atoms with van der Waals surface area (Å²) < 4.78 is 0. The zero-order valence-corrected chi connectivity index (χ0v) is 15.1. The summed E-state index contributed by atoms with van der Waals surface area (Å²) in [6.07, 6.45) is 0. The van der Waals surface area contributed by atoms with E-state index in [4.69, 9.17) is 0 Å². The Morgan fingerprint density at radius 2 is 0.667 bits per heavy atom. The zero-order valence-electron chi connectivity index (χ0n) is 11.3. The molecule has 0 bridgehead atoms. The minimum absolute atomic E-state index is 0. The molecule has 0 saturated carbocycles. The molecule has 0 saturated heterocycles. The first-order valence-electron chi connectivity index (χ1n) is 6.40. The third-order valence-corrected chi connectivity index (χ3v) is 5.49. The van der Waals surface area contributed by atoms with E-state index in [1.165, 1.54) is 15.9 Å². The molecule has 0 unspecified atom stereocenters. The van der Waals surface area contributed by atoms with E-state index in [2.05, 4.69) is 91.0 Å². The number of rotatable bonds is 3. The molecule has 0 atom stereocenters. The Hall–Kier alpha value is -0.880. The maximum atomic E-state index is 2.23. The van der Waals surface area contributed by atoms with Gasteiger partial charge in [0.2, 0.25) is 0 Å². The van der Waals surface area contributed by atoms with Gasteiger partial charge < -0.3 is 12.4 Å². The van der Waals surface area contributed by atoms with E-state index in [1.807, 2.05) is 0 Å². The molecular formula is C18H15AuClP+2. The van der Waals surface area contributed by atoms with Gasteiger partial charge in [-0.2, -0.15) is 0 Å². The largest absolute Gasteiger partial charge is 3.00 e. The molecule has 0 aliphatic heterocycles. The Morgan fingerprint density at radius 1 is 0.429 bits per heavy atom. The Morgan fingerprint density at radius 3 is 0.905 bits per heavy atom. The fraction of sp³-hybridized carbons (Fsp3) is 0. The van der Waals surface area contributed by atoms with Crippen LogP contribution in [0.3, 0.4) is 0 Å². The second kappa shape index (κ2) is 9.20. The Kier molecular flexibility index (Phi) is 7.96. The van der Waals surface area contributed by atoms with Crippen LogP contribution in [0, 0.1) is 0 Å². The van der Waals surface area contributed by atoms with Gasteiger partial charge in [0, 0.05) is 0 Å². The summed E-state index contributed by atoms with van der Waals surface area (Å²) in [4.78, 5) is 0. The molecule has 3 aromatic rings. The predicted molar refractivity (Wildman–Crippen MR) is 85.1 cm³/mol. The van der Waals surface area contributed by atoms with Crippen LogP contribution < -0.4 is 28.3 Å². The predicted octanol–water partition coefficient (Wildman–Crippen LogP) is 0.446. The van der Waals surface area contributed by atoms with Gasteiger partial charge in [-0.05, 0) is 23.8 Å². The van der Waals surface area contributed by atoms with Crippen molar-refractivity contribution in [3.63, 3.8) is 0 Å². The van der Waals surface area contributed by atoms with Crippen LogP contribution in [0.15, 0.2) is 91.0 Å². The monoisotopic (exact) mass is 494 g/mol. The average molecular weight is 495 g/mol. The average Bonchev–Trinajstić information content (AvgIpc) is 2.51. The molecular weight excluding hydrogens is 480 g/mol. The van der Waals surface area contributed by atoms with E-state index in [-0.39, 0.29) is 34.8 Å². The van der Waals surface area contributed by atoms with E-state index >= 15 is 0 Å². The molecule has 21 heavy (non-hydrogen) atoms.